The molecule has 0 aromatic heterocycles. The van der Waals surface area contributed by atoms with Gasteiger partial charge in [0.2, 0.25) is 0 Å². The first-order valence-corrected chi connectivity index (χ1v) is 8.21. The summed E-state index contributed by atoms with van der Waals surface area (Å²) in [5, 5.41) is 10.9. The van der Waals surface area contributed by atoms with E-state index >= 15 is 0 Å². The average molecular weight is 335 g/mol. The van der Waals surface area contributed by atoms with Gasteiger partial charge in [-0.15, -0.1) is 0 Å². The highest BCUT2D eigenvalue weighted by molar-refractivity contribution is 8.13. The van der Waals surface area contributed by atoms with E-state index in [1.54, 1.807) is 0 Å². The van der Waals surface area contributed by atoms with Gasteiger partial charge in [0.1, 0.15) is 0 Å². The van der Waals surface area contributed by atoms with Crippen LogP contribution in [0.5, 0.6) is 0 Å². The summed E-state index contributed by atoms with van der Waals surface area (Å²) in [5.74, 6) is -0.497. The van der Waals surface area contributed by atoms with Crippen LogP contribution in [-0.4, -0.2) is 50.5 Å². The molecule has 0 unspecified atom stereocenters. The molecule has 1 fully saturated rings. The van der Waals surface area contributed by atoms with E-state index in [1.165, 1.54) is 4.90 Å². The average Bonchev–Trinajstić information content (AvgIpc) is 2.46. The fraction of sp³-hybridized carbons (Fsp3) is 0.364. The number of nitro groups is 1. The van der Waals surface area contributed by atoms with Crippen LogP contribution < -0.4 is 0 Å². The highest BCUT2D eigenvalue weighted by Gasteiger charge is 2.24. The second kappa shape index (κ2) is 5.96. The number of benzene rings is 1. The quantitative estimate of drug-likeness (QED) is 0.463. The number of nitrogens with zero attached hydrogens (tertiary/aromatic N) is 2. The summed E-state index contributed by atoms with van der Waals surface area (Å²) in [7, 11) is 1.03. The van der Waals surface area contributed by atoms with Crippen molar-refractivity contribution in [1.82, 2.24) is 4.90 Å². The van der Waals surface area contributed by atoms with Gasteiger partial charge in [0.05, 0.1) is 23.0 Å². The van der Waals surface area contributed by atoms with E-state index in [0.717, 1.165) is 18.2 Å². The van der Waals surface area contributed by atoms with Gasteiger partial charge in [0.25, 0.3) is 20.6 Å². The molecule has 1 aliphatic rings. The molecule has 0 radical (unpaired) electrons. The number of carbonyl (C=O) groups excluding carboxylic acids is 1. The highest BCUT2D eigenvalue weighted by Crippen LogP contribution is 2.24. The van der Waals surface area contributed by atoms with Crippen LogP contribution in [0.4, 0.5) is 5.69 Å². The van der Waals surface area contributed by atoms with Gasteiger partial charge in [0, 0.05) is 41.5 Å². The minimum absolute atomic E-state index is 0.0923. The second-order valence-electron chi connectivity index (χ2n) is 4.32. The summed E-state index contributed by atoms with van der Waals surface area (Å²) < 4.78 is 27.8. The minimum Gasteiger partial charge on any atom is -0.378 e. The van der Waals surface area contributed by atoms with Crippen molar-refractivity contribution in [2.24, 2.45) is 0 Å². The van der Waals surface area contributed by atoms with E-state index in [4.69, 9.17) is 15.4 Å². The molecule has 0 bridgehead atoms. The molecule has 1 saturated heterocycles. The lowest BCUT2D eigenvalue weighted by atomic mass is 10.1. The first kappa shape index (κ1) is 15.7. The summed E-state index contributed by atoms with van der Waals surface area (Å²) in [5.41, 5.74) is -0.598. The van der Waals surface area contributed by atoms with Crippen LogP contribution in [0.2, 0.25) is 0 Å². The molecule has 0 N–H and O–H groups in total. The molecule has 8 nitrogen and oxygen atoms in total. The topological polar surface area (TPSA) is 107 Å². The van der Waals surface area contributed by atoms with E-state index in [-0.39, 0.29) is 5.56 Å². The Hall–Kier alpha value is -1.71. The Morgan fingerprint density at radius 1 is 1.29 bits per heavy atom. The number of hydrogen-bond donors (Lipinski definition) is 0. The number of nitro benzene ring substituents is 1. The predicted octanol–water partition coefficient (Wildman–Crippen LogP) is 0.995. The van der Waals surface area contributed by atoms with Gasteiger partial charge in [0.15, 0.2) is 0 Å². The number of ether oxygens (including phenoxy) is 1. The third-order valence-corrected chi connectivity index (χ3v) is 4.26. The molecule has 1 aliphatic heterocycles. The maximum absolute atomic E-state index is 12.3. The lowest BCUT2D eigenvalue weighted by molar-refractivity contribution is -0.385. The molecule has 0 aliphatic carbocycles. The van der Waals surface area contributed by atoms with Crippen LogP contribution in [-0.2, 0) is 13.8 Å². The molecule has 1 aromatic carbocycles. The molecule has 21 heavy (non-hydrogen) atoms. The first-order valence-electron chi connectivity index (χ1n) is 5.90. The zero-order chi connectivity index (χ0) is 15.6. The fourth-order valence-electron chi connectivity index (χ4n) is 1.90. The molecular formula is C11H11ClN2O6S. The number of rotatable bonds is 3. The zero-order valence-electron chi connectivity index (χ0n) is 10.7. The number of halogens is 1. The monoisotopic (exact) mass is 334 g/mol. The van der Waals surface area contributed by atoms with Crippen molar-refractivity contribution in [1.29, 1.82) is 0 Å². The third-order valence-electron chi connectivity index (χ3n) is 2.93. The molecule has 10 heteroatoms. The zero-order valence-corrected chi connectivity index (χ0v) is 12.3. The van der Waals surface area contributed by atoms with E-state index < -0.39 is 30.5 Å². The second-order valence-corrected chi connectivity index (χ2v) is 6.88. The van der Waals surface area contributed by atoms with Crippen molar-refractivity contribution in [3.8, 4) is 0 Å². The summed E-state index contributed by atoms with van der Waals surface area (Å²) >= 11 is 0. The maximum atomic E-state index is 12.3. The molecule has 1 aromatic rings. The van der Waals surface area contributed by atoms with Gasteiger partial charge in [-0.3, -0.25) is 14.9 Å². The molecule has 114 valence electrons. The van der Waals surface area contributed by atoms with Gasteiger partial charge in [-0.05, 0) is 6.07 Å². The summed E-state index contributed by atoms with van der Waals surface area (Å²) in [4.78, 5) is 23.3. The number of non-ortho nitro benzene ring substituents is 1. The lowest BCUT2D eigenvalue weighted by Gasteiger charge is -2.26. The van der Waals surface area contributed by atoms with E-state index in [9.17, 15) is 23.3 Å². The molecule has 0 atom stereocenters. The number of hydrogen-bond acceptors (Lipinski definition) is 6. The Morgan fingerprint density at radius 2 is 1.90 bits per heavy atom. The van der Waals surface area contributed by atoms with E-state index in [0.29, 0.717) is 26.3 Å². The Labute approximate surface area is 124 Å². The smallest absolute Gasteiger partial charge is 0.271 e. The van der Waals surface area contributed by atoms with Crippen molar-refractivity contribution in [2.45, 2.75) is 4.90 Å². The van der Waals surface area contributed by atoms with Gasteiger partial charge >= 0.3 is 0 Å². The Balaban J connectivity index is 2.44. The van der Waals surface area contributed by atoms with Crippen LogP contribution in [0, 0.1) is 10.1 Å². The standard InChI is InChI=1S/C11H11ClN2O6S/c12-21(18,19)10-6-8(5-9(7-10)14(16)17)11(15)13-1-3-20-4-2-13/h5-7H,1-4H2. The summed E-state index contributed by atoms with van der Waals surface area (Å²) in [6.07, 6.45) is 0. The number of carbonyl (C=O) groups is 1. The van der Waals surface area contributed by atoms with E-state index in [1.807, 2.05) is 0 Å². The number of amides is 1. The number of morpholine rings is 1. The van der Waals surface area contributed by atoms with Crippen molar-refractivity contribution in [3.05, 3.63) is 33.9 Å². The Bertz CT molecular complexity index is 684. The lowest BCUT2D eigenvalue weighted by Crippen LogP contribution is -2.40. The van der Waals surface area contributed by atoms with Gasteiger partial charge < -0.3 is 9.64 Å². The summed E-state index contributed by atoms with van der Waals surface area (Å²) in [6, 6.07) is 2.88. The third kappa shape index (κ3) is 3.69. The van der Waals surface area contributed by atoms with Gasteiger partial charge in [-0.2, -0.15) is 0 Å². The van der Waals surface area contributed by atoms with Crippen LogP contribution in [0.15, 0.2) is 23.1 Å². The van der Waals surface area contributed by atoms with Crippen LogP contribution in [0.1, 0.15) is 10.4 Å². The van der Waals surface area contributed by atoms with Gasteiger partial charge in [-0.1, -0.05) is 0 Å². The van der Waals surface area contributed by atoms with Crippen LogP contribution in [0.25, 0.3) is 0 Å². The first-order chi connectivity index (χ1) is 9.79. The van der Waals surface area contributed by atoms with E-state index in [2.05, 4.69) is 0 Å². The molecule has 1 heterocycles. The fourth-order valence-corrected chi connectivity index (χ4v) is 2.70. The Morgan fingerprint density at radius 3 is 2.43 bits per heavy atom. The predicted molar refractivity (Wildman–Crippen MR) is 72.9 cm³/mol. The largest absolute Gasteiger partial charge is 0.378 e. The minimum atomic E-state index is -4.17. The van der Waals surface area contributed by atoms with Gasteiger partial charge in [-0.25, -0.2) is 8.42 Å². The molecule has 2 rings (SSSR count). The summed E-state index contributed by atoms with van der Waals surface area (Å²) in [6.45, 7) is 1.40. The van der Waals surface area contributed by atoms with Crippen molar-refractivity contribution in [2.75, 3.05) is 26.3 Å². The SMILES string of the molecule is O=C(c1cc([N+](=O)[O-])cc(S(=O)(=O)Cl)c1)N1CCOCC1. The molecule has 0 saturated carbocycles. The molecule has 1 amide bonds. The Kier molecular flexibility index (Phi) is 4.45. The van der Waals surface area contributed by atoms with Crippen molar-refractivity contribution in [3.63, 3.8) is 0 Å². The van der Waals surface area contributed by atoms with Crippen molar-refractivity contribution < 1.29 is 22.9 Å². The normalized spacial score (nSPS) is 15.8. The maximum Gasteiger partial charge on any atom is 0.271 e. The highest BCUT2D eigenvalue weighted by atomic mass is 35.7. The van der Waals surface area contributed by atoms with Crippen LogP contribution >= 0.6 is 10.7 Å². The van der Waals surface area contributed by atoms with Crippen LogP contribution in [0.3, 0.4) is 0 Å². The van der Waals surface area contributed by atoms with Crippen molar-refractivity contribution >= 4 is 31.3 Å². The molecule has 0 spiro atoms. The molecular weight excluding hydrogens is 324 g/mol.